The van der Waals surface area contributed by atoms with E-state index in [2.05, 4.69) is 25.0 Å². The summed E-state index contributed by atoms with van der Waals surface area (Å²) in [7, 11) is 0. The van der Waals surface area contributed by atoms with Crippen LogP contribution in [0.4, 0.5) is 13.2 Å². The summed E-state index contributed by atoms with van der Waals surface area (Å²) in [5, 5.41) is 7.94. The van der Waals surface area contributed by atoms with Crippen LogP contribution in [0.5, 0.6) is 5.75 Å². The van der Waals surface area contributed by atoms with Crippen molar-refractivity contribution in [1.82, 2.24) is 24.9 Å². The molecule has 4 rings (SSSR count). The maximum absolute atomic E-state index is 12.5. The predicted octanol–water partition coefficient (Wildman–Crippen LogP) is 3.08. The van der Waals surface area contributed by atoms with Crippen molar-refractivity contribution >= 4 is 0 Å². The van der Waals surface area contributed by atoms with E-state index in [9.17, 15) is 13.2 Å². The summed E-state index contributed by atoms with van der Waals surface area (Å²) in [6, 6.07) is 5.94. The van der Waals surface area contributed by atoms with Crippen molar-refractivity contribution in [3.63, 3.8) is 0 Å². The fraction of sp³-hybridized carbons (Fsp3) is 0.375. The Labute approximate surface area is 145 Å². The van der Waals surface area contributed by atoms with Gasteiger partial charge in [-0.3, -0.25) is 0 Å². The van der Waals surface area contributed by atoms with Crippen molar-refractivity contribution in [2.45, 2.75) is 37.6 Å². The molecule has 2 aromatic heterocycles. The van der Waals surface area contributed by atoms with Crippen LogP contribution >= 0.6 is 0 Å². The van der Waals surface area contributed by atoms with E-state index in [0.29, 0.717) is 36.7 Å². The molecule has 1 saturated carbocycles. The highest BCUT2D eigenvalue weighted by atomic mass is 19.4. The fourth-order valence-electron chi connectivity index (χ4n) is 3.12. The number of halogens is 3. The smallest absolute Gasteiger partial charge is 0.406 e. The van der Waals surface area contributed by atoms with E-state index in [-0.39, 0.29) is 5.75 Å². The summed E-state index contributed by atoms with van der Waals surface area (Å²) in [5.41, 5.74) is 0.0833. The predicted molar refractivity (Wildman–Crippen MR) is 81.2 cm³/mol. The maximum Gasteiger partial charge on any atom is 0.573 e. The minimum absolute atomic E-state index is 0.261. The molecule has 1 aliphatic carbocycles. The molecule has 0 N–H and O–H groups in total. The zero-order chi connectivity index (χ0) is 18.2. The molecule has 0 saturated heterocycles. The number of hydrogen-bond donors (Lipinski definition) is 0. The van der Waals surface area contributed by atoms with Crippen molar-refractivity contribution in [2.75, 3.05) is 0 Å². The molecule has 10 heteroatoms. The Hall–Kier alpha value is -2.91. The average molecular weight is 365 g/mol. The Kier molecular flexibility index (Phi) is 3.89. The van der Waals surface area contributed by atoms with Crippen LogP contribution in [0.3, 0.4) is 0 Å². The topological polar surface area (TPSA) is 78.9 Å². The molecule has 0 bridgehead atoms. The van der Waals surface area contributed by atoms with Crippen molar-refractivity contribution < 1.29 is 22.4 Å². The molecule has 2 heterocycles. The van der Waals surface area contributed by atoms with E-state index in [4.69, 9.17) is 4.52 Å². The Bertz CT molecular complexity index is 887. The highest BCUT2D eigenvalue weighted by Gasteiger charge is 2.46. The van der Waals surface area contributed by atoms with E-state index in [1.807, 2.05) is 0 Å². The minimum Gasteiger partial charge on any atom is -0.406 e. The second-order valence-electron chi connectivity index (χ2n) is 6.12. The van der Waals surface area contributed by atoms with Gasteiger partial charge in [0.15, 0.2) is 5.82 Å². The largest absolute Gasteiger partial charge is 0.573 e. The van der Waals surface area contributed by atoms with Crippen molar-refractivity contribution in [3.05, 3.63) is 54.2 Å². The first kappa shape index (κ1) is 16.6. The third-order valence-corrected chi connectivity index (χ3v) is 4.47. The fourth-order valence-corrected chi connectivity index (χ4v) is 3.12. The van der Waals surface area contributed by atoms with Gasteiger partial charge in [-0.2, -0.15) is 10.1 Å². The molecule has 0 atom stereocenters. The summed E-state index contributed by atoms with van der Waals surface area (Å²) in [6.45, 7) is 0.302. The number of alkyl halides is 3. The Morgan fingerprint density at radius 1 is 1.27 bits per heavy atom. The molecule has 3 aromatic rings. The van der Waals surface area contributed by atoms with Crippen LogP contribution in [0, 0.1) is 0 Å². The molecule has 0 unspecified atom stereocenters. The van der Waals surface area contributed by atoms with Gasteiger partial charge < -0.3 is 9.26 Å². The van der Waals surface area contributed by atoms with E-state index in [1.54, 1.807) is 10.7 Å². The van der Waals surface area contributed by atoms with Crippen molar-refractivity contribution in [1.29, 1.82) is 0 Å². The normalized spacial score (nSPS) is 16.3. The standard InChI is InChI=1S/C16H14F3N5O2/c17-16(18,19)25-12-4-1-3-11(7-12)15(5-2-6-15)14-22-13(23-26-14)8-24-10-20-9-21-24/h1,3-4,7,9-10H,2,5-6,8H2. The summed E-state index contributed by atoms with van der Waals surface area (Å²) in [6.07, 6.45) is 0.556. The van der Waals surface area contributed by atoms with Crippen LogP contribution in [0.15, 0.2) is 41.4 Å². The van der Waals surface area contributed by atoms with Gasteiger partial charge in [-0.05, 0) is 30.5 Å². The second-order valence-corrected chi connectivity index (χ2v) is 6.12. The number of aromatic nitrogens is 5. The van der Waals surface area contributed by atoms with Gasteiger partial charge in [-0.25, -0.2) is 9.67 Å². The van der Waals surface area contributed by atoms with Crippen molar-refractivity contribution in [2.24, 2.45) is 0 Å². The van der Waals surface area contributed by atoms with E-state index in [0.717, 1.165) is 6.42 Å². The number of nitrogens with zero attached hydrogens (tertiary/aromatic N) is 5. The van der Waals surface area contributed by atoms with Gasteiger partial charge in [0.2, 0.25) is 5.89 Å². The number of benzene rings is 1. The summed E-state index contributed by atoms with van der Waals surface area (Å²) < 4.78 is 48.5. The molecule has 0 radical (unpaired) electrons. The van der Waals surface area contributed by atoms with Gasteiger partial charge in [-0.15, -0.1) is 13.2 Å². The molecule has 1 aliphatic rings. The highest BCUT2D eigenvalue weighted by molar-refractivity contribution is 5.39. The van der Waals surface area contributed by atoms with Gasteiger partial charge >= 0.3 is 6.36 Å². The van der Waals surface area contributed by atoms with Gasteiger partial charge in [-0.1, -0.05) is 23.7 Å². The van der Waals surface area contributed by atoms with E-state index < -0.39 is 11.8 Å². The maximum atomic E-state index is 12.5. The lowest BCUT2D eigenvalue weighted by Crippen LogP contribution is -2.36. The molecule has 7 nitrogen and oxygen atoms in total. The van der Waals surface area contributed by atoms with E-state index in [1.165, 1.54) is 30.9 Å². The lowest BCUT2D eigenvalue weighted by molar-refractivity contribution is -0.274. The molecule has 1 fully saturated rings. The van der Waals surface area contributed by atoms with Crippen molar-refractivity contribution in [3.8, 4) is 5.75 Å². The number of ether oxygens (including phenoxy) is 1. The monoisotopic (exact) mass is 365 g/mol. The third-order valence-electron chi connectivity index (χ3n) is 4.47. The molecule has 136 valence electrons. The molecular weight excluding hydrogens is 351 g/mol. The summed E-state index contributed by atoms with van der Waals surface area (Å²) in [5.74, 6) is 0.561. The van der Waals surface area contributed by atoms with Crippen LogP contribution in [0.2, 0.25) is 0 Å². The van der Waals surface area contributed by atoms with Crippen LogP contribution < -0.4 is 4.74 Å². The Morgan fingerprint density at radius 2 is 2.12 bits per heavy atom. The quantitative estimate of drug-likeness (QED) is 0.691. The third kappa shape index (κ3) is 3.14. The van der Waals surface area contributed by atoms with Gasteiger partial charge in [0, 0.05) is 0 Å². The lowest BCUT2D eigenvalue weighted by atomic mass is 9.64. The van der Waals surface area contributed by atoms with Gasteiger partial charge in [0.05, 0.1) is 5.41 Å². The Balaban J connectivity index is 1.62. The first-order valence-electron chi connectivity index (χ1n) is 7.96. The van der Waals surface area contributed by atoms with Crippen LogP contribution in [-0.4, -0.2) is 31.3 Å². The van der Waals surface area contributed by atoms with Gasteiger partial charge in [0.25, 0.3) is 0 Å². The van der Waals surface area contributed by atoms with E-state index >= 15 is 0 Å². The zero-order valence-corrected chi connectivity index (χ0v) is 13.5. The average Bonchev–Trinajstić information content (AvgIpc) is 3.18. The molecule has 26 heavy (non-hydrogen) atoms. The van der Waals surface area contributed by atoms with Crippen LogP contribution in [0.1, 0.15) is 36.5 Å². The minimum atomic E-state index is -4.74. The highest BCUT2D eigenvalue weighted by Crippen LogP contribution is 2.49. The van der Waals surface area contributed by atoms with Gasteiger partial charge in [0.1, 0.15) is 24.9 Å². The first-order chi connectivity index (χ1) is 12.4. The molecular formula is C16H14F3N5O2. The number of hydrogen-bond acceptors (Lipinski definition) is 6. The molecule has 0 spiro atoms. The second kappa shape index (κ2) is 6.11. The Morgan fingerprint density at radius 3 is 2.77 bits per heavy atom. The number of rotatable bonds is 5. The molecule has 0 amide bonds. The first-order valence-corrected chi connectivity index (χ1v) is 7.96. The molecule has 0 aliphatic heterocycles. The zero-order valence-electron chi connectivity index (χ0n) is 13.5. The summed E-state index contributed by atoms with van der Waals surface area (Å²) in [4.78, 5) is 8.28. The summed E-state index contributed by atoms with van der Waals surface area (Å²) >= 11 is 0. The van der Waals surface area contributed by atoms with Crippen LogP contribution in [-0.2, 0) is 12.0 Å². The SMILES string of the molecule is FC(F)(F)Oc1cccc(C2(c3nc(Cn4cncn4)no3)CCC2)c1. The molecule has 1 aromatic carbocycles. The lowest BCUT2D eigenvalue weighted by Gasteiger charge is -2.39. The van der Waals surface area contributed by atoms with Crippen LogP contribution in [0.25, 0.3) is 0 Å².